The number of rotatable bonds is 8. The fraction of sp³-hybridized carbons (Fsp3) is 0.320. The third-order valence-corrected chi connectivity index (χ3v) is 6.69. The Labute approximate surface area is 192 Å². The number of hydrogen-bond acceptors (Lipinski definition) is 6. The van der Waals surface area contributed by atoms with Crippen molar-refractivity contribution in [3.05, 3.63) is 65.0 Å². The molecule has 0 saturated carbocycles. The largest absolute Gasteiger partial charge is 0.497 e. The van der Waals surface area contributed by atoms with E-state index in [1.54, 1.807) is 25.6 Å². The van der Waals surface area contributed by atoms with Crippen molar-refractivity contribution in [2.75, 3.05) is 52.0 Å². The molecule has 32 heavy (non-hydrogen) atoms. The van der Waals surface area contributed by atoms with Gasteiger partial charge in [-0.2, -0.15) is 0 Å². The van der Waals surface area contributed by atoms with Crippen molar-refractivity contribution in [3.8, 4) is 22.6 Å². The minimum atomic E-state index is -0.0563. The number of carbonyl (C=O) groups is 1. The number of morpholine rings is 1. The van der Waals surface area contributed by atoms with Crippen LogP contribution in [0.15, 0.2) is 54.6 Å². The van der Waals surface area contributed by atoms with Crippen LogP contribution in [0.1, 0.15) is 15.2 Å². The Hall–Kier alpha value is -3.03. The summed E-state index contributed by atoms with van der Waals surface area (Å²) in [4.78, 5) is 16.0. The van der Waals surface area contributed by atoms with Crippen LogP contribution in [0, 0.1) is 0 Å². The number of benzene rings is 2. The highest BCUT2D eigenvalue weighted by atomic mass is 32.1. The third-order valence-electron chi connectivity index (χ3n) is 5.49. The van der Waals surface area contributed by atoms with Crippen LogP contribution >= 0.6 is 11.3 Å². The first-order valence-corrected chi connectivity index (χ1v) is 11.5. The first-order chi connectivity index (χ1) is 15.7. The van der Waals surface area contributed by atoms with Crippen molar-refractivity contribution < 1.29 is 19.0 Å². The zero-order valence-electron chi connectivity index (χ0n) is 18.4. The second kappa shape index (κ2) is 10.5. The third kappa shape index (κ3) is 5.06. The van der Waals surface area contributed by atoms with Crippen LogP contribution in [0.4, 0.5) is 5.00 Å². The predicted molar refractivity (Wildman–Crippen MR) is 128 cm³/mol. The number of anilines is 1. The van der Waals surface area contributed by atoms with Crippen molar-refractivity contribution in [1.29, 1.82) is 0 Å². The molecular weight excluding hydrogens is 424 g/mol. The Bertz CT molecular complexity index is 1050. The molecule has 1 aliphatic heterocycles. The van der Waals surface area contributed by atoms with E-state index in [-0.39, 0.29) is 5.91 Å². The first kappa shape index (κ1) is 22.2. The molecule has 0 aliphatic carbocycles. The summed E-state index contributed by atoms with van der Waals surface area (Å²) in [5.41, 5.74) is 3.24. The van der Waals surface area contributed by atoms with Crippen LogP contribution in [-0.2, 0) is 11.2 Å². The summed E-state index contributed by atoms with van der Waals surface area (Å²) >= 11 is 1.54. The molecule has 1 aliphatic rings. The Morgan fingerprint density at radius 3 is 2.56 bits per heavy atom. The van der Waals surface area contributed by atoms with Gasteiger partial charge in [0, 0.05) is 31.3 Å². The lowest BCUT2D eigenvalue weighted by Crippen LogP contribution is -2.35. The molecule has 1 saturated heterocycles. The monoisotopic (exact) mass is 452 g/mol. The van der Waals surface area contributed by atoms with Gasteiger partial charge in [-0.3, -0.25) is 4.79 Å². The van der Waals surface area contributed by atoms with E-state index in [0.29, 0.717) is 31.1 Å². The van der Waals surface area contributed by atoms with Gasteiger partial charge in [0.05, 0.1) is 37.3 Å². The van der Waals surface area contributed by atoms with Gasteiger partial charge in [0.25, 0.3) is 5.91 Å². The highest BCUT2D eigenvalue weighted by Crippen LogP contribution is 2.39. The number of hydrogen-bond donors (Lipinski definition) is 1. The molecule has 1 amide bonds. The molecular formula is C25H28N2O4S. The molecule has 0 bridgehead atoms. The van der Waals surface area contributed by atoms with Crippen LogP contribution in [0.5, 0.6) is 11.5 Å². The minimum absolute atomic E-state index is 0.0563. The quantitative estimate of drug-likeness (QED) is 0.554. The van der Waals surface area contributed by atoms with E-state index in [0.717, 1.165) is 46.3 Å². The summed E-state index contributed by atoms with van der Waals surface area (Å²) in [6.45, 7) is 3.60. The maximum Gasteiger partial charge on any atom is 0.261 e. The highest BCUT2D eigenvalue weighted by molar-refractivity contribution is 7.18. The van der Waals surface area contributed by atoms with E-state index in [4.69, 9.17) is 14.2 Å². The molecule has 1 aromatic heterocycles. The van der Waals surface area contributed by atoms with Gasteiger partial charge in [0.1, 0.15) is 11.5 Å². The van der Waals surface area contributed by atoms with Gasteiger partial charge in [-0.05, 0) is 29.7 Å². The van der Waals surface area contributed by atoms with Crippen molar-refractivity contribution in [1.82, 2.24) is 5.32 Å². The second-order valence-electron chi connectivity index (χ2n) is 7.48. The molecule has 2 heterocycles. The number of methoxy groups -OCH3 is 2. The van der Waals surface area contributed by atoms with E-state index in [2.05, 4.69) is 22.3 Å². The van der Waals surface area contributed by atoms with E-state index < -0.39 is 0 Å². The average Bonchev–Trinajstić information content (AvgIpc) is 3.31. The first-order valence-electron chi connectivity index (χ1n) is 10.7. The van der Waals surface area contributed by atoms with Crippen LogP contribution in [0.25, 0.3) is 11.1 Å². The molecule has 0 radical (unpaired) electrons. The molecule has 6 nitrogen and oxygen atoms in total. The fourth-order valence-corrected chi connectivity index (χ4v) is 4.92. The lowest BCUT2D eigenvalue weighted by molar-refractivity contribution is 0.0958. The van der Waals surface area contributed by atoms with Crippen molar-refractivity contribution in [3.63, 3.8) is 0 Å². The summed E-state index contributed by atoms with van der Waals surface area (Å²) in [6.07, 6.45) is 0.673. The Morgan fingerprint density at radius 2 is 1.84 bits per heavy atom. The lowest BCUT2D eigenvalue weighted by atomic mass is 10.1. The molecule has 168 valence electrons. The van der Waals surface area contributed by atoms with Gasteiger partial charge in [-0.1, -0.05) is 36.4 Å². The molecule has 0 atom stereocenters. The van der Waals surface area contributed by atoms with Crippen molar-refractivity contribution >= 4 is 22.2 Å². The minimum Gasteiger partial charge on any atom is -0.497 e. The second-order valence-corrected chi connectivity index (χ2v) is 8.51. The number of ether oxygens (including phenoxy) is 3. The number of carbonyl (C=O) groups excluding carboxylic acids is 1. The molecule has 7 heteroatoms. The van der Waals surface area contributed by atoms with E-state index in [9.17, 15) is 4.79 Å². The maximum absolute atomic E-state index is 13.0. The van der Waals surface area contributed by atoms with Crippen LogP contribution < -0.4 is 19.7 Å². The highest BCUT2D eigenvalue weighted by Gasteiger charge is 2.22. The summed E-state index contributed by atoms with van der Waals surface area (Å²) in [7, 11) is 3.27. The van der Waals surface area contributed by atoms with E-state index in [1.165, 1.54) is 0 Å². The number of nitrogens with zero attached hydrogens (tertiary/aromatic N) is 1. The SMILES string of the molecule is COc1ccc(CCNC(=O)c2cc(-c3ccccc3)c(N3CCOCC3)s2)c(OC)c1. The maximum atomic E-state index is 13.0. The molecule has 1 N–H and O–H groups in total. The van der Waals surface area contributed by atoms with Crippen LogP contribution in [0.2, 0.25) is 0 Å². The Morgan fingerprint density at radius 1 is 1.06 bits per heavy atom. The van der Waals surface area contributed by atoms with Crippen LogP contribution in [0.3, 0.4) is 0 Å². The van der Waals surface area contributed by atoms with E-state index >= 15 is 0 Å². The molecule has 2 aromatic carbocycles. The van der Waals surface area contributed by atoms with E-state index in [1.807, 2.05) is 42.5 Å². The fourth-order valence-electron chi connectivity index (χ4n) is 3.78. The van der Waals surface area contributed by atoms with Crippen molar-refractivity contribution in [2.24, 2.45) is 0 Å². The summed E-state index contributed by atoms with van der Waals surface area (Å²) < 4.78 is 16.2. The van der Waals surface area contributed by atoms with Gasteiger partial charge in [-0.25, -0.2) is 0 Å². The molecule has 3 aromatic rings. The number of nitrogens with one attached hydrogen (secondary N) is 1. The molecule has 4 rings (SSSR count). The number of thiophene rings is 1. The van der Waals surface area contributed by atoms with Gasteiger partial charge in [0.2, 0.25) is 0 Å². The molecule has 1 fully saturated rings. The zero-order chi connectivity index (χ0) is 22.3. The number of amides is 1. The Balaban J connectivity index is 1.48. The lowest BCUT2D eigenvalue weighted by Gasteiger charge is -2.28. The van der Waals surface area contributed by atoms with Gasteiger partial charge in [-0.15, -0.1) is 11.3 Å². The van der Waals surface area contributed by atoms with Gasteiger partial charge >= 0.3 is 0 Å². The topological polar surface area (TPSA) is 60.0 Å². The summed E-state index contributed by atoms with van der Waals surface area (Å²) in [5, 5.41) is 4.19. The van der Waals surface area contributed by atoms with Crippen LogP contribution in [-0.4, -0.2) is 53.0 Å². The van der Waals surface area contributed by atoms with Crippen molar-refractivity contribution in [2.45, 2.75) is 6.42 Å². The average molecular weight is 453 g/mol. The molecule has 0 unspecified atom stereocenters. The standard InChI is InChI=1S/C25H28N2O4S/c1-29-20-9-8-19(22(16-20)30-2)10-11-26-24(28)23-17-21(18-6-4-3-5-7-18)25(32-23)27-12-14-31-15-13-27/h3-9,16-17H,10-15H2,1-2H3,(H,26,28). The smallest absolute Gasteiger partial charge is 0.261 e. The predicted octanol–water partition coefficient (Wildman–Crippen LogP) is 4.24. The molecule has 0 spiro atoms. The zero-order valence-corrected chi connectivity index (χ0v) is 19.2. The van der Waals surface area contributed by atoms with Gasteiger partial charge < -0.3 is 24.4 Å². The van der Waals surface area contributed by atoms with Gasteiger partial charge in [0.15, 0.2) is 0 Å². The summed E-state index contributed by atoms with van der Waals surface area (Å²) in [6, 6.07) is 18.0. The normalized spacial score (nSPS) is 13.6. The summed E-state index contributed by atoms with van der Waals surface area (Å²) in [5.74, 6) is 1.45. The Kier molecular flexibility index (Phi) is 7.29.